The fourth-order valence-electron chi connectivity index (χ4n) is 3.22. The van der Waals surface area contributed by atoms with E-state index in [0.717, 1.165) is 30.3 Å². The number of morpholine rings is 1. The largest absolute Gasteiger partial charge is 0.495 e. The molecule has 1 saturated heterocycles. The van der Waals surface area contributed by atoms with Gasteiger partial charge >= 0.3 is 0 Å². The molecule has 2 heterocycles. The van der Waals surface area contributed by atoms with Gasteiger partial charge in [-0.15, -0.1) is 11.3 Å². The van der Waals surface area contributed by atoms with Gasteiger partial charge < -0.3 is 14.8 Å². The smallest absolute Gasteiger partial charge is 0.231 e. The quantitative estimate of drug-likeness (QED) is 0.841. The minimum Gasteiger partial charge on any atom is -0.495 e. The molecule has 0 radical (unpaired) electrons. The lowest BCUT2D eigenvalue weighted by Gasteiger charge is -2.34. The number of carbonyl (C=O) groups is 1. The van der Waals surface area contributed by atoms with E-state index < -0.39 is 0 Å². The lowest BCUT2D eigenvalue weighted by atomic mass is 10.2. The highest BCUT2D eigenvalue weighted by Crippen LogP contribution is 2.23. The second-order valence-corrected chi connectivity index (χ2v) is 7.55. The molecule has 7 heteroatoms. The molecule has 140 valence electrons. The molecule has 1 aromatic heterocycles. The number of para-hydroxylation sites is 2. The van der Waals surface area contributed by atoms with E-state index in [1.54, 1.807) is 7.11 Å². The van der Waals surface area contributed by atoms with Crippen LogP contribution in [0.1, 0.15) is 24.5 Å². The average molecular weight is 375 g/mol. The zero-order chi connectivity index (χ0) is 18.5. The SMILES string of the molecule is COc1ccccc1NC(=O)Cc1nc(CN2CC(C)OC(C)C2)cs1. The number of thiazole rings is 1. The Morgan fingerprint density at radius 3 is 2.81 bits per heavy atom. The molecular weight excluding hydrogens is 350 g/mol. The Hall–Kier alpha value is -1.96. The van der Waals surface area contributed by atoms with E-state index in [0.29, 0.717) is 11.4 Å². The van der Waals surface area contributed by atoms with Crippen LogP contribution in [0.25, 0.3) is 0 Å². The number of rotatable bonds is 6. The predicted molar refractivity (Wildman–Crippen MR) is 103 cm³/mol. The molecule has 0 spiro atoms. The van der Waals surface area contributed by atoms with Crippen LogP contribution in [-0.2, 0) is 22.5 Å². The number of ether oxygens (including phenoxy) is 2. The number of hydrogen-bond acceptors (Lipinski definition) is 6. The maximum atomic E-state index is 12.3. The molecule has 0 bridgehead atoms. The maximum Gasteiger partial charge on any atom is 0.231 e. The summed E-state index contributed by atoms with van der Waals surface area (Å²) >= 11 is 1.53. The van der Waals surface area contributed by atoms with Gasteiger partial charge in [0.15, 0.2) is 0 Å². The number of aromatic nitrogens is 1. The summed E-state index contributed by atoms with van der Waals surface area (Å²) in [7, 11) is 1.59. The van der Waals surface area contributed by atoms with Gasteiger partial charge in [0.2, 0.25) is 5.91 Å². The third-order valence-electron chi connectivity index (χ3n) is 4.17. The second kappa shape index (κ2) is 8.62. The van der Waals surface area contributed by atoms with Gasteiger partial charge in [0.1, 0.15) is 10.8 Å². The van der Waals surface area contributed by atoms with Gasteiger partial charge in [-0.3, -0.25) is 9.69 Å². The number of methoxy groups -OCH3 is 1. The second-order valence-electron chi connectivity index (χ2n) is 6.61. The van der Waals surface area contributed by atoms with Crippen LogP contribution in [0.15, 0.2) is 29.6 Å². The first-order chi connectivity index (χ1) is 12.5. The number of hydrogen-bond donors (Lipinski definition) is 1. The summed E-state index contributed by atoms with van der Waals surface area (Å²) in [6, 6.07) is 7.38. The zero-order valence-electron chi connectivity index (χ0n) is 15.4. The first-order valence-corrected chi connectivity index (χ1v) is 9.65. The predicted octanol–water partition coefficient (Wildman–Crippen LogP) is 2.94. The summed E-state index contributed by atoms with van der Waals surface area (Å²) < 4.78 is 11.0. The lowest BCUT2D eigenvalue weighted by Crippen LogP contribution is -2.44. The van der Waals surface area contributed by atoms with Crippen molar-refractivity contribution in [3.05, 3.63) is 40.3 Å². The van der Waals surface area contributed by atoms with Crippen molar-refractivity contribution in [1.82, 2.24) is 9.88 Å². The first kappa shape index (κ1) is 18.8. The van der Waals surface area contributed by atoms with Crippen LogP contribution >= 0.6 is 11.3 Å². The Morgan fingerprint density at radius 2 is 2.08 bits per heavy atom. The van der Waals surface area contributed by atoms with E-state index in [2.05, 4.69) is 29.0 Å². The van der Waals surface area contributed by atoms with Crippen molar-refractivity contribution in [3.63, 3.8) is 0 Å². The van der Waals surface area contributed by atoms with Gasteiger partial charge in [0.25, 0.3) is 0 Å². The highest BCUT2D eigenvalue weighted by Gasteiger charge is 2.22. The van der Waals surface area contributed by atoms with Gasteiger partial charge in [0.05, 0.1) is 37.1 Å². The third kappa shape index (κ3) is 5.03. The fraction of sp³-hybridized carbons (Fsp3) is 0.474. The normalized spacial score (nSPS) is 20.7. The summed E-state index contributed by atoms with van der Waals surface area (Å²) in [5.41, 5.74) is 1.68. The zero-order valence-corrected chi connectivity index (χ0v) is 16.2. The summed E-state index contributed by atoms with van der Waals surface area (Å²) in [5.74, 6) is 0.556. The van der Waals surface area contributed by atoms with Gasteiger partial charge in [-0.2, -0.15) is 0 Å². The van der Waals surface area contributed by atoms with Crippen LogP contribution < -0.4 is 10.1 Å². The van der Waals surface area contributed by atoms with E-state index in [1.807, 2.05) is 29.6 Å². The maximum absolute atomic E-state index is 12.3. The molecule has 0 saturated carbocycles. The van der Waals surface area contributed by atoms with Crippen LogP contribution in [0, 0.1) is 0 Å². The van der Waals surface area contributed by atoms with Crippen LogP contribution in [0.5, 0.6) is 5.75 Å². The topological polar surface area (TPSA) is 63.7 Å². The summed E-state index contributed by atoms with van der Waals surface area (Å²) in [5, 5.41) is 5.75. The standard InChI is InChI=1S/C19H25N3O3S/c1-13-9-22(10-14(2)25-13)11-15-12-26-19(20-15)8-18(23)21-16-6-4-5-7-17(16)24-3/h4-7,12-14H,8-11H2,1-3H3,(H,21,23). The molecule has 1 aliphatic heterocycles. The summed E-state index contributed by atoms with van der Waals surface area (Å²) in [4.78, 5) is 19.3. The molecular formula is C19H25N3O3S. The third-order valence-corrected chi connectivity index (χ3v) is 5.07. The minimum atomic E-state index is -0.0935. The van der Waals surface area contributed by atoms with E-state index in [4.69, 9.17) is 9.47 Å². The van der Waals surface area contributed by atoms with E-state index >= 15 is 0 Å². The molecule has 3 rings (SSSR count). The molecule has 1 aliphatic rings. The van der Waals surface area contributed by atoms with Crippen molar-refractivity contribution in [2.45, 2.75) is 39.0 Å². The Morgan fingerprint density at radius 1 is 1.35 bits per heavy atom. The number of benzene rings is 1. The fourth-order valence-corrected chi connectivity index (χ4v) is 4.01. The Labute approximate surface area is 158 Å². The van der Waals surface area contributed by atoms with Crippen molar-refractivity contribution < 1.29 is 14.3 Å². The highest BCUT2D eigenvalue weighted by atomic mass is 32.1. The molecule has 1 aromatic carbocycles. The van der Waals surface area contributed by atoms with Crippen molar-refractivity contribution in [2.75, 3.05) is 25.5 Å². The molecule has 2 aromatic rings. The van der Waals surface area contributed by atoms with Gasteiger partial charge in [-0.05, 0) is 26.0 Å². The number of nitrogens with one attached hydrogen (secondary N) is 1. The molecule has 6 nitrogen and oxygen atoms in total. The Bertz CT molecular complexity index is 739. The van der Waals surface area contributed by atoms with E-state index in [1.165, 1.54) is 11.3 Å². The van der Waals surface area contributed by atoms with Crippen molar-refractivity contribution in [1.29, 1.82) is 0 Å². The number of carbonyl (C=O) groups excluding carboxylic acids is 1. The molecule has 0 aliphatic carbocycles. The highest BCUT2D eigenvalue weighted by molar-refractivity contribution is 7.09. The van der Waals surface area contributed by atoms with Crippen LogP contribution in [0.3, 0.4) is 0 Å². The molecule has 26 heavy (non-hydrogen) atoms. The Kier molecular flexibility index (Phi) is 6.24. The van der Waals surface area contributed by atoms with Crippen molar-refractivity contribution in [3.8, 4) is 5.75 Å². The van der Waals surface area contributed by atoms with Gasteiger partial charge in [0, 0.05) is 25.0 Å². The summed E-state index contributed by atoms with van der Waals surface area (Å²) in [6.07, 6.45) is 0.741. The van der Waals surface area contributed by atoms with Gasteiger partial charge in [-0.25, -0.2) is 4.98 Å². The number of amides is 1. The lowest BCUT2D eigenvalue weighted by molar-refractivity contribution is -0.115. The summed E-state index contributed by atoms with van der Waals surface area (Å²) in [6.45, 7) is 6.80. The van der Waals surface area contributed by atoms with Crippen LogP contribution in [0.2, 0.25) is 0 Å². The molecule has 1 amide bonds. The van der Waals surface area contributed by atoms with Crippen molar-refractivity contribution in [2.24, 2.45) is 0 Å². The first-order valence-electron chi connectivity index (χ1n) is 8.77. The number of nitrogens with zero attached hydrogens (tertiary/aromatic N) is 2. The average Bonchev–Trinajstić information content (AvgIpc) is 3.01. The Balaban J connectivity index is 1.55. The molecule has 1 fully saturated rings. The molecule has 2 atom stereocenters. The number of anilines is 1. The molecule has 1 N–H and O–H groups in total. The van der Waals surface area contributed by atoms with Crippen LogP contribution in [0.4, 0.5) is 5.69 Å². The van der Waals surface area contributed by atoms with E-state index in [-0.39, 0.29) is 24.5 Å². The van der Waals surface area contributed by atoms with Crippen molar-refractivity contribution >= 4 is 22.9 Å². The van der Waals surface area contributed by atoms with Crippen LogP contribution in [-0.4, -0.2) is 48.2 Å². The monoisotopic (exact) mass is 375 g/mol. The van der Waals surface area contributed by atoms with Gasteiger partial charge in [-0.1, -0.05) is 12.1 Å². The van der Waals surface area contributed by atoms with E-state index in [9.17, 15) is 4.79 Å². The molecule has 2 unspecified atom stereocenters. The minimum absolute atomic E-state index is 0.0935.